The van der Waals surface area contributed by atoms with Gasteiger partial charge in [-0.2, -0.15) is 0 Å². The first-order valence-corrected chi connectivity index (χ1v) is 24.8. The van der Waals surface area contributed by atoms with Crippen LogP contribution in [0.15, 0.2) is 249 Å². The van der Waals surface area contributed by atoms with E-state index in [1.54, 1.807) is 0 Å². The number of fused-ring (bicyclic) bond motifs is 7. The molecule has 3 nitrogen and oxygen atoms in total. The summed E-state index contributed by atoms with van der Waals surface area (Å²) in [5.41, 5.74) is 10.5. The zero-order valence-corrected chi connectivity index (χ0v) is 37.8. The van der Waals surface area contributed by atoms with Crippen LogP contribution in [0.2, 0.25) is 0 Å². The van der Waals surface area contributed by atoms with Crippen LogP contribution < -0.4 is 15.9 Å². The predicted molar refractivity (Wildman–Crippen MR) is 288 cm³/mol. The van der Waals surface area contributed by atoms with Crippen LogP contribution in [0, 0.1) is 0 Å². The second kappa shape index (κ2) is 16.1. The summed E-state index contributed by atoms with van der Waals surface area (Å²) in [6.07, 6.45) is 1.85. The fourth-order valence-electron chi connectivity index (χ4n) is 10.4. The highest BCUT2D eigenvalue weighted by atomic mass is 31.2. The molecule has 2 heterocycles. The lowest BCUT2D eigenvalue weighted by atomic mass is 9.83. The standard InChI is InChI=1S/C64H41N2OP/c67-68(53-17-3-1-4-18-53,54-19-5-2-6-20-54)55-32-27-44(28-33-55)49-29-34-56-58(40-49)61(51-25-21-42-12-7-9-14-47(42)38-51)57-35-30-50(41-59(57)62(56)52-26-22-43-13-8-10-15-48(43)39-52)60-36-31-46-24-23-45-16-11-37-65-63(45)64(46)66-60/h1-41H. The highest BCUT2D eigenvalue weighted by Gasteiger charge is 2.29. The third-order valence-corrected chi connectivity index (χ3v) is 16.8. The molecule has 0 bridgehead atoms. The summed E-state index contributed by atoms with van der Waals surface area (Å²) in [6, 6.07) is 85.5. The maximum Gasteiger partial charge on any atom is 0.171 e. The molecule has 0 aliphatic carbocycles. The lowest BCUT2D eigenvalue weighted by molar-refractivity contribution is 0.592. The molecule has 0 unspecified atom stereocenters. The molecule has 0 atom stereocenters. The predicted octanol–water partition coefficient (Wildman–Crippen LogP) is 15.7. The fraction of sp³-hybridized carbons (Fsp3) is 0. The van der Waals surface area contributed by atoms with E-state index in [0.29, 0.717) is 0 Å². The van der Waals surface area contributed by atoms with Crippen molar-refractivity contribution in [3.05, 3.63) is 249 Å². The smallest absolute Gasteiger partial charge is 0.171 e. The van der Waals surface area contributed by atoms with Crippen LogP contribution in [-0.4, -0.2) is 9.97 Å². The molecule has 318 valence electrons. The van der Waals surface area contributed by atoms with Gasteiger partial charge in [-0.25, -0.2) is 4.98 Å². The molecule has 4 heteroatoms. The molecule has 68 heavy (non-hydrogen) atoms. The van der Waals surface area contributed by atoms with E-state index in [0.717, 1.165) is 92.8 Å². The van der Waals surface area contributed by atoms with E-state index in [1.807, 2.05) is 72.9 Å². The molecule has 0 spiro atoms. The largest absolute Gasteiger partial charge is 0.309 e. The quantitative estimate of drug-likeness (QED) is 0.0910. The van der Waals surface area contributed by atoms with E-state index >= 15 is 4.57 Å². The van der Waals surface area contributed by atoms with Crippen LogP contribution in [0.4, 0.5) is 0 Å². The molecule has 2 aromatic heterocycles. The second-order valence-corrected chi connectivity index (χ2v) is 20.4. The maximum atomic E-state index is 15.3. The lowest BCUT2D eigenvalue weighted by Crippen LogP contribution is -2.24. The van der Waals surface area contributed by atoms with Crippen molar-refractivity contribution in [2.24, 2.45) is 0 Å². The number of hydrogen-bond donors (Lipinski definition) is 0. The van der Waals surface area contributed by atoms with Gasteiger partial charge < -0.3 is 4.57 Å². The van der Waals surface area contributed by atoms with Crippen molar-refractivity contribution in [1.82, 2.24) is 9.97 Å². The van der Waals surface area contributed by atoms with E-state index in [1.165, 1.54) is 32.7 Å². The summed E-state index contributed by atoms with van der Waals surface area (Å²) < 4.78 is 15.3. The summed E-state index contributed by atoms with van der Waals surface area (Å²) in [6.45, 7) is 0. The average Bonchev–Trinajstić information content (AvgIpc) is 3.42. The first-order chi connectivity index (χ1) is 33.6. The van der Waals surface area contributed by atoms with Gasteiger partial charge in [0, 0.05) is 38.4 Å². The minimum absolute atomic E-state index is 0.807. The Hall–Kier alpha value is -8.49. The molecule has 11 aromatic carbocycles. The van der Waals surface area contributed by atoms with Gasteiger partial charge in [0.25, 0.3) is 0 Å². The summed E-state index contributed by atoms with van der Waals surface area (Å²) in [7, 11) is -3.14. The molecule has 0 N–H and O–H groups in total. The second-order valence-electron chi connectivity index (χ2n) is 17.6. The minimum atomic E-state index is -3.14. The monoisotopic (exact) mass is 884 g/mol. The molecule has 0 fully saturated rings. The molecule has 0 radical (unpaired) electrons. The van der Waals surface area contributed by atoms with Crippen LogP contribution in [-0.2, 0) is 4.57 Å². The molecular weight excluding hydrogens is 844 g/mol. The van der Waals surface area contributed by atoms with E-state index in [-0.39, 0.29) is 0 Å². The molecule has 0 aliphatic heterocycles. The minimum Gasteiger partial charge on any atom is -0.309 e. The number of hydrogen-bond acceptors (Lipinski definition) is 3. The van der Waals surface area contributed by atoms with Crippen molar-refractivity contribution in [2.45, 2.75) is 0 Å². The Bertz CT molecular complexity index is 4120. The third-order valence-electron chi connectivity index (χ3n) is 13.7. The summed E-state index contributed by atoms with van der Waals surface area (Å²) >= 11 is 0. The molecule has 0 amide bonds. The molecule has 0 saturated carbocycles. The summed E-state index contributed by atoms with van der Waals surface area (Å²) in [5, 5.41) is 14.0. The lowest BCUT2D eigenvalue weighted by Gasteiger charge is -2.21. The molecule has 0 saturated heterocycles. The van der Waals surface area contributed by atoms with E-state index in [4.69, 9.17) is 9.97 Å². The first-order valence-electron chi connectivity index (χ1n) is 23.1. The van der Waals surface area contributed by atoms with Gasteiger partial charge in [-0.15, -0.1) is 0 Å². The van der Waals surface area contributed by atoms with Gasteiger partial charge in [0.1, 0.15) is 0 Å². The Morgan fingerprint density at radius 3 is 1.34 bits per heavy atom. The zero-order chi connectivity index (χ0) is 45.2. The number of rotatable bonds is 7. The topological polar surface area (TPSA) is 42.9 Å². The Balaban J connectivity index is 1.06. The van der Waals surface area contributed by atoms with Gasteiger partial charge in [-0.3, -0.25) is 4.98 Å². The van der Waals surface area contributed by atoms with Gasteiger partial charge in [-0.05, 0) is 113 Å². The van der Waals surface area contributed by atoms with E-state index in [9.17, 15) is 0 Å². The van der Waals surface area contributed by atoms with Gasteiger partial charge in [-0.1, -0.05) is 206 Å². The molecule has 13 aromatic rings. The van der Waals surface area contributed by atoms with Crippen LogP contribution >= 0.6 is 7.14 Å². The van der Waals surface area contributed by atoms with Crippen LogP contribution in [0.3, 0.4) is 0 Å². The van der Waals surface area contributed by atoms with Gasteiger partial charge in [0.15, 0.2) is 7.14 Å². The third kappa shape index (κ3) is 6.62. The Morgan fingerprint density at radius 2 is 0.735 bits per heavy atom. The van der Waals surface area contributed by atoms with Crippen molar-refractivity contribution < 1.29 is 4.57 Å². The first kappa shape index (κ1) is 39.8. The molecule has 13 rings (SSSR count). The fourth-order valence-corrected chi connectivity index (χ4v) is 13.0. The van der Waals surface area contributed by atoms with Crippen molar-refractivity contribution in [1.29, 1.82) is 0 Å². The van der Waals surface area contributed by atoms with Crippen molar-refractivity contribution in [2.75, 3.05) is 0 Å². The highest BCUT2D eigenvalue weighted by Crippen LogP contribution is 2.48. The molecule has 0 aliphatic rings. The number of aromatic nitrogens is 2. The Labute approximate surface area is 394 Å². The highest BCUT2D eigenvalue weighted by molar-refractivity contribution is 7.85. The van der Waals surface area contributed by atoms with Crippen LogP contribution in [0.5, 0.6) is 0 Å². The number of nitrogens with zero attached hydrogens (tertiary/aromatic N) is 2. The Kier molecular flexibility index (Phi) is 9.45. The van der Waals surface area contributed by atoms with Gasteiger partial charge in [0.05, 0.1) is 16.7 Å². The van der Waals surface area contributed by atoms with Crippen molar-refractivity contribution in [3.8, 4) is 44.6 Å². The van der Waals surface area contributed by atoms with Crippen LogP contribution in [0.1, 0.15) is 0 Å². The summed E-state index contributed by atoms with van der Waals surface area (Å²) in [4.78, 5) is 10.1. The Morgan fingerprint density at radius 1 is 0.294 bits per heavy atom. The average molecular weight is 885 g/mol. The maximum absolute atomic E-state index is 15.3. The SMILES string of the molecule is O=P(c1ccccc1)(c1ccccc1)c1ccc(-c2ccc3c(-c4ccc5ccccc5c4)c4cc(-c5ccc6ccc7cccnc7c6n5)ccc4c(-c4ccc5ccccc5c4)c3c2)cc1. The molecular formula is C64H41N2OP. The number of benzene rings is 11. The van der Waals surface area contributed by atoms with Crippen molar-refractivity contribution >= 4 is 88.0 Å². The van der Waals surface area contributed by atoms with Gasteiger partial charge in [0.2, 0.25) is 0 Å². The van der Waals surface area contributed by atoms with E-state index < -0.39 is 7.14 Å². The van der Waals surface area contributed by atoms with Crippen LogP contribution in [0.25, 0.3) is 110 Å². The zero-order valence-electron chi connectivity index (χ0n) is 36.9. The summed E-state index contributed by atoms with van der Waals surface area (Å²) in [5.74, 6) is 0. The van der Waals surface area contributed by atoms with Crippen molar-refractivity contribution in [3.63, 3.8) is 0 Å². The normalized spacial score (nSPS) is 11.9. The van der Waals surface area contributed by atoms with Gasteiger partial charge >= 0.3 is 0 Å². The van der Waals surface area contributed by atoms with E-state index in [2.05, 4.69) is 176 Å². The number of pyridine rings is 2.